The minimum atomic E-state index is -0.936. The summed E-state index contributed by atoms with van der Waals surface area (Å²) in [5.74, 6) is 0.844. The standard InChI is InChI=1S/C49H32N4O/c1-4-15-35(16-5-1)47-50-48(36-17-6-2-7-18-36)52-49(51-47)43-31-38(32-45-46(43)42-22-12-13-23-44(42)54-45)34-24-27-40(28-25-34)53(39-20-8-3-9-21-39)41-29-26-33-14-10-11-19-37(33)30-41/h1-32H/i3D,8D,9D,10D,11D,14D,19D,20D,21D,24D,25D,26D,27D,28D,29D,30D. The lowest BCUT2D eigenvalue weighted by Gasteiger charge is -2.26. The predicted octanol–water partition coefficient (Wildman–Crippen LogP) is 13.1. The fourth-order valence-electron chi connectivity index (χ4n) is 6.24. The van der Waals surface area contributed by atoms with Crippen molar-refractivity contribution in [3.05, 3.63) is 194 Å². The molecule has 0 radical (unpaired) electrons. The molecule has 10 aromatic rings. The van der Waals surface area contributed by atoms with Crippen molar-refractivity contribution in [3.8, 4) is 45.3 Å². The molecule has 0 saturated heterocycles. The molecular weight excluding hydrogens is 661 g/mol. The molecular formula is C49H32N4O. The van der Waals surface area contributed by atoms with Gasteiger partial charge in [-0.15, -0.1) is 0 Å². The van der Waals surface area contributed by atoms with Crippen LogP contribution in [-0.4, -0.2) is 15.0 Å². The summed E-state index contributed by atoms with van der Waals surface area (Å²) in [7, 11) is 0. The van der Waals surface area contributed by atoms with Crippen molar-refractivity contribution in [2.24, 2.45) is 0 Å². The van der Waals surface area contributed by atoms with Gasteiger partial charge in [0.1, 0.15) is 11.2 Å². The molecule has 2 aromatic heterocycles. The maximum atomic E-state index is 9.62. The largest absolute Gasteiger partial charge is 0.456 e. The van der Waals surface area contributed by atoms with Crippen LogP contribution in [0.1, 0.15) is 21.9 Å². The molecule has 5 nitrogen and oxygen atoms in total. The molecule has 0 N–H and O–H groups in total. The summed E-state index contributed by atoms with van der Waals surface area (Å²) in [6.07, 6.45) is 0. The second kappa shape index (κ2) is 13.3. The molecule has 0 atom stereocenters. The average molecular weight is 709 g/mol. The summed E-state index contributed by atoms with van der Waals surface area (Å²) in [4.78, 5) is 15.3. The van der Waals surface area contributed by atoms with Crippen molar-refractivity contribution in [1.82, 2.24) is 15.0 Å². The number of aromatic nitrogens is 3. The number of para-hydroxylation sites is 2. The number of hydrogen-bond donors (Lipinski definition) is 0. The first kappa shape index (κ1) is 18.9. The lowest BCUT2D eigenvalue weighted by atomic mass is 9.97. The van der Waals surface area contributed by atoms with Gasteiger partial charge in [-0.2, -0.15) is 0 Å². The van der Waals surface area contributed by atoms with Gasteiger partial charge >= 0.3 is 0 Å². The second-order valence-electron chi connectivity index (χ2n) is 12.0. The Morgan fingerprint density at radius 2 is 1.04 bits per heavy atom. The quantitative estimate of drug-likeness (QED) is 0.165. The van der Waals surface area contributed by atoms with E-state index in [9.17, 15) is 8.22 Å². The van der Waals surface area contributed by atoms with Gasteiger partial charge in [-0.25, -0.2) is 15.0 Å². The smallest absolute Gasteiger partial charge is 0.164 e. The van der Waals surface area contributed by atoms with E-state index in [1.165, 1.54) is 0 Å². The van der Waals surface area contributed by atoms with Crippen molar-refractivity contribution in [3.63, 3.8) is 0 Å². The van der Waals surface area contributed by atoms with Gasteiger partial charge in [-0.1, -0.05) is 139 Å². The van der Waals surface area contributed by atoms with Gasteiger partial charge < -0.3 is 9.32 Å². The Balaban J connectivity index is 1.29. The highest BCUT2D eigenvalue weighted by Gasteiger charge is 2.20. The number of rotatable bonds is 7. The zero-order chi connectivity index (χ0) is 49.8. The van der Waals surface area contributed by atoms with Crippen molar-refractivity contribution in [2.45, 2.75) is 0 Å². The zero-order valence-corrected chi connectivity index (χ0v) is 27.9. The molecule has 0 unspecified atom stereocenters. The number of nitrogens with zero attached hydrogens (tertiary/aromatic N) is 4. The number of furan rings is 1. The van der Waals surface area contributed by atoms with Crippen LogP contribution in [-0.2, 0) is 0 Å². The third kappa shape index (κ3) is 5.74. The molecule has 8 aromatic carbocycles. The van der Waals surface area contributed by atoms with Crippen molar-refractivity contribution >= 4 is 49.8 Å². The van der Waals surface area contributed by atoms with Gasteiger partial charge in [0.25, 0.3) is 0 Å². The van der Waals surface area contributed by atoms with E-state index in [4.69, 9.17) is 33.1 Å². The van der Waals surface area contributed by atoms with Crippen LogP contribution in [0.15, 0.2) is 198 Å². The highest BCUT2D eigenvalue weighted by Crippen LogP contribution is 2.41. The Labute approximate surface area is 335 Å². The van der Waals surface area contributed by atoms with Crippen molar-refractivity contribution < 1.29 is 26.3 Å². The molecule has 0 saturated carbocycles. The van der Waals surface area contributed by atoms with E-state index < -0.39 is 125 Å². The Morgan fingerprint density at radius 3 is 1.76 bits per heavy atom. The van der Waals surface area contributed by atoms with Gasteiger partial charge in [0.15, 0.2) is 17.5 Å². The van der Waals surface area contributed by atoms with Crippen LogP contribution in [0.4, 0.5) is 17.1 Å². The number of fused-ring (bicyclic) bond motifs is 4. The van der Waals surface area contributed by atoms with E-state index >= 15 is 0 Å². The molecule has 5 heteroatoms. The lowest BCUT2D eigenvalue weighted by molar-refractivity contribution is 0.669. The first-order chi connectivity index (χ1) is 33.4. The van der Waals surface area contributed by atoms with Crippen LogP contribution in [0.25, 0.3) is 78.0 Å². The summed E-state index contributed by atoms with van der Waals surface area (Å²) in [6.45, 7) is 0. The Morgan fingerprint density at radius 1 is 0.444 bits per heavy atom. The van der Waals surface area contributed by atoms with Crippen LogP contribution in [0.5, 0.6) is 0 Å². The van der Waals surface area contributed by atoms with Crippen LogP contribution in [0.2, 0.25) is 0 Å². The topological polar surface area (TPSA) is 55.1 Å². The Hall–Kier alpha value is -7.37. The SMILES string of the molecule is [2H]c1c([2H])c([2H])c(N(c2c([2H])c([2H])c(-c3cc(-c4nc(-c5ccccc5)nc(-c5ccccc5)n4)c4c(c3)oc3ccccc34)c([2H])c2[2H])c2c([2H])c([2H])c3c([2H])c([2H])c([2H])c([2H])c3c2[2H])c([2H])c1[2H]. The van der Waals surface area contributed by atoms with Crippen LogP contribution >= 0.6 is 0 Å². The van der Waals surface area contributed by atoms with Gasteiger partial charge in [0.05, 0.1) is 21.9 Å². The monoisotopic (exact) mass is 708 g/mol. The zero-order valence-electron chi connectivity index (χ0n) is 43.9. The minimum absolute atomic E-state index is 0.0971. The molecule has 0 bridgehead atoms. The van der Waals surface area contributed by atoms with Crippen LogP contribution in [0.3, 0.4) is 0 Å². The Kier molecular flexibility index (Phi) is 4.66. The molecule has 2 heterocycles. The fourth-order valence-corrected chi connectivity index (χ4v) is 6.24. The first-order valence-electron chi connectivity index (χ1n) is 24.7. The summed E-state index contributed by atoms with van der Waals surface area (Å²) < 4.78 is 150. The second-order valence-corrected chi connectivity index (χ2v) is 12.0. The van der Waals surface area contributed by atoms with Gasteiger partial charge in [0.2, 0.25) is 0 Å². The molecule has 10 rings (SSSR count). The molecule has 0 aliphatic carbocycles. The number of anilines is 3. The maximum Gasteiger partial charge on any atom is 0.164 e. The maximum absolute atomic E-state index is 9.62. The van der Waals surface area contributed by atoms with E-state index in [2.05, 4.69) is 0 Å². The van der Waals surface area contributed by atoms with Gasteiger partial charge in [-0.3, -0.25) is 0 Å². The van der Waals surface area contributed by atoms with E-state index in [1.54, 1.807) is 24.3 Å². The summed E-state index contributed by atoms with van der Waals surface area (Å²) in [5, 5.41) is 0.163. The molecule has 0 fully saturated rings. The van der Waals surface area contributed by atoms with Gasteiger partial charge in [-0.05, 0) is 76.4 Å². The average Bonchev–Trinajstić information content (AvgIpc) is 3.75. The van der Waals surface area contributed by atoms with Gasteiger partial charge in [0, 0.05) is 44.5 Å². The fraction of sp³-hybridized carbons (Fsp3) is 0. The van der Waals surface area contributed by atoms with Crippen LogP contribution < -0.4 is 4.90 Å². The van der Waals surface area contributed by atoms with Crippen molar-refractivity contribution in [2.75, 3.05) is 4.90 Å². The molecule has 0 amide bonds. The third-order valence-electron chi connectivity index (χ3n) is 8.71. The van der Waals surface area contributed by atoms with E-state index in [1.807, 2.05) is 72.8 Å². The van der Waals surface area contributed by atoms with Crippen molar-refractivity contribution in [1.29, 1.82) is 0 Å². The number of hydrogen-bond acceptors (Lipinski definition) is 5. The molecule has 0 aliphatic heterocycles. The highest BCUT2D eigenvalue weighted by molar-refractivity contribution is 6.13. The normalized spacial score (nSPS) is 15.5. The number of benzene rings is 8. The Bertz CT molecular complexity index is 3750. The molecule has 54 heavy (non-hydrogen) atoms. The first-order valence-corrected chi connectivity index (χ1v) is 16.7. The molecule has 0 aliphatic rings. The minimum Gasteiger partial charge on any atom is -0.456 e. The van der Waals surface area contributed by atoms with E-state index in [0.29, 0.717) is 49.6 Å². The summed E-state index contributed by atoms with van der Waals surface area (Å²) in [5.41, 5.74) is -0.116. The van der Waals surface area contributed by atoms with E-state index in [-0.39, 0.29) is 22.5 Å². The summed E-state index contributed by atoms with van der Waals surface area (Å²) >= 11 is 0. The van der Waals surface area contributed by atoms with Crippen LogP contribution in [0, 0.1) is 0 Å². The molecule has 0 spiro atoms. The predicted molar refractivity (Wildman–Crippen MR) is 221 cm³/mol. The highest BCUT2D eigenvalue weighted by atomic mass is 16.3. The lowest BCUT2D eigenvalue weighted by Crippen LogP contribution is -2.09. The third-order valence-corrected chi connectivity index (χ3v) is 8.71. The summed E-state index contributed by atoms with van der Waals surface area (Å²) in [6, 6.07) is 15.5. The molecule has 254 valence electrons. The van der Waals surface area contributed by atoms with E-state index in [0.717, 1.165) is 0 Å².